The van der Waals surface area contributed by atoms with Gasteiger partial charge in [0.2, 0.25) is 0 Å². The number of carboxylic acid groups (broad SMARTS) is 1. The average molecular weight is 394 g/mol. The molecule has 0 saturated heterocycles. The van der Waals surface area contributed by atoms with Crippen LogP contribution >= 0.6 is 11.6 Å². The van der Waals surface area contributed by atoms with Crippen LogP contribution in [0.25, 0.3) is 0 Å². The van der Waals surface area contributed by atoms with Crippen molar-refractivity contribution in [2.24, 2.45) is 5.73 Å². The molecule has 0 bridgehead atoms. The second-order valence-corrected chi connectivity index (χ2v) is 5.91. The lowest BCUT2D eigenvalue weighted by atomic mass is 10.0. The number of hydrogen-bond acceptors (Lipinski definition) is 6. The van der Waals surface area contributed by atoms with Crippen LogP contribution < -0.4 is 20.5 Å². The van der Waals surface area contributed by atoms with Crippen molar-refractivity contribution in [3.05, 3.63) is 52.5 Å². The lowest BCUT2D eigenvalue weighted by Gasteiger charge is -2.21. The molecule has 0 amide bonds. The molecule has 27 heavy (non-hydrogen) atoms. The molecule has 8 nitrogen and oxygen atoms in total. The summed E-state index contributed by atoms with van der Waals surface area (Å²) < 4.78 is 10.6. The minimum absolute atomic E-state index is 0.0430. The number of carbonyl (C=O) groups is 1. The van der Waals surface area contributed by atoms with Crippen molar-refractivity contribution >= 4 is 29.1 Å². The van der Waals surface area contributed by atoms with Crippen LogP contribution in [0.3, 0.4) is 0 Å². The first-order valence-electron chi connectivity index (χ1n) is 7.92. The number of anilines is 1. The monoisotopic (exact) mass is 393 g/mol. The molecule has 0 fully saturated rings. The van der Waals surface area contributed by atoms with Gasteiger partial charge in [0, 0.05) is 22.9 Å². The smallest absolute Gasteiger partial charge is 0.330 e. The molecule has 2 aromatic rings. The molecule has 0 spiro atoms. The van der Waals surface area contributed by atoms with Crippen molar-refractivity contribution in [3.8, 4) is 11.5 Å². The fraction of sp³-hybridized carbons (Fsp3) is 0.222. The van der Waals surface area contributed by atoms with Crippen LogP contribution in [-0.4, -0.2) is 42.3 Å². The highest BCUT2D eigenvalue weighted by molar-refractivity contribution is 6.32. The Morgan fingerprint density at radius 1 is 1.33 bits per heavy atom. The molecule has 0 aliphatic rings. The highest BCUT2D eigenvalue weighted by Gasteiger charge is 2.26. The number of hydrogen-bond donors (Lipinski definition) is 5. The second-order valence-electron chi connectivity index (χ2n) is 5.51. The predicted octanol–water partition coefficient (Wildman–Crippen LogP) is 2.24. The van der Waals surface area contributed by atoms with Gasteiger partial charge in [-0.05, 0) is 30.3 Å². The van der Waals surface area contributed by atoms with Crippen molar-refractivity contribution < 1.29 is 24.5 Å². The van der Waals surface area contributed by atoms with Crippen LogP contribution in [0, 0.1) is 5.41 Å². The van der Waals surface area contributed by atoms with E-state index >= 15 is 0 Å². The van der Waals surface area contributed by atoms with Crippen molar-refractivity contribution in [1.29, 1.82) is 5.41 Å². The Bertz CT molecular complexity index is 826. The van der Waals surface area contributed by atoms with Gasteiger partial charge in [0.25, 0.3) is 0 Å². The van der Waals surface area contributed by atoms with E-state index in [1.807, 2.05) is 0 Å². The van der Waals surface area contributed by atoms with Gasteiger partial charge in [0.05, 0.1) is 18.7 Å². The molecule has 2 rings (SSSR count). The Kier molecular flexibility index (Phi) is 6.86. The Labute approximate surface area is 161 Å². The Morgan fingerprint density at radius 2 is 2.00 bits per heavy atom. The molecule has 1 unspecified atom stereocenters. The van der Waals surface area contributed by atoms with Crippen LogP contribution in [0.2, 0.25) is 5.02 Å². The van der Waals surface area contributed by atoms with E-state index in [9.17, 15) is 9.90 Å². The zero-order chi connectivity index (χ0) is 20.0. The maximum absolute atomic E-state index is 11.9. The first-order chi connectivity index (χ1) is 12.9. The molecule has 0 aliphatic carbocycles. The lowest BCUT2D eigenvalue weighted by molar-refractivity contribution is -0.138. The summed E-state index contributed by atoms with van der Waals surface area (Å²) in [6, 6.07) is 8.24. The summed E-state index contributed by atoms with van der Waals surface area (Å²) in [5.41, 5.74) is 6.69. The van der Waals surface area contributed by atoms with E-state index in [-0.39, 0.29) is 35.4 Å². The van der Waals surface area contributed by atoms with E-state index in [2.05, 4.69) is 5.32 Å². The minimum Gasteiger partial charge on any atom is -0.497 e. The van der Waals surface area contributed by atoms with Crippen LogP contribution in [0.5, 0.6) is 11.5 Å². The van der Waals surface area contributed by atoms with Gasteiger partial charge < -0.3 is 30.7 Å². The fourth-order valence-corrected chi connectivity index (χ4v) is 2.68. The van der Waals surface area contributed by atoms with Crippen molar-refractivity contribution in [3.63, 3.8) is 0 Å². The molecule has 0 saturated carbocycles. The van der Waals surface area contributed by atoms with Crippen LogP contribution in [-0.2, 0) is 4.79 Å². The maximum Gasteiger partial charge on any atom is 0.330 e. The number of aliphatic hydroxyl groups excluding tert-OH is 1. The van der Waals surface area contributed by atoms with E-state index in [0.717, 1.165) is 0 Å². The topological polar surface area (TPSA) is 138 Å². The zero-order valence-corrected chi connectivity index (χ0v) is 15.3. The average Bonchev–Trinajstić information content (AvgIpc) is 2.64. The number of methoxy groups -OCH3 is 1. The number of ether oxygens (including phenoxy) is 2. The molecular formula is C18H20ClN3O5. The normalized spacial score (nSPS) is 11.5. The third kappa shape index (κ3) is 5.02. The molecule has 0 aromatic heterocycles. The van der Waals surface area contributed by atoms with Crippen molar-refractivity contribution in [2.75, 3.05) is 25.6 Å². The van der Waals surface area contributed by atoms with E-state index < -0.39 is 12.0 Å². The highest BCUT2D eigenvalue weighted by Crippen LogP contribution is 2.38. The number of nitrogens with two attached hydrogens (primary N) is 1. The molecule has 144 valence electrons. The van der Waals surface area contributed by atoms with Gasteiger partial charge in [-0.3, -0.25) is 5.41 Å². The van der Waals surface area contributed by atoms with Gasteiger partial charge in [-0.2, -0.15) is 0 Å². The summed E-state index contributed by atoms with van der Waals surface area (Å²) >= 11 is 6.21. The van der Waals surface area contributed by atoms with E-state index in [4.69, 9.17) is 37.3 Å². The summed E-state index contributed by atoms with van der Waals surface area (Å²) in [5, 5.41) is 29.2. The molecule has 0 aliphatic heterocycles. The third-order valence-electron chi connectivity index (χ3n) is 3.68. The lowest BCUT2D eigenvalue weighted by Crippen LogP contribution is -2.22. The first-order valence-corrected chi connectivity index (χ1v) is 8.30. The summed E-state index contributed by atoms with van der Waals surface area (Å²) in [6.07, 6.45) is 0. The Morgan fingerprint density at radius 3 is 2.52 bits per heavy atom. The van der Waals surface area contributed by atoms with Gasteiger partial charge in [0.15, 0.2) is 6.04 Å². The largest absolute Gasteiger partial charge is 0.497 e. The molecule has 9 heteroatoms. The number of nitrogen functional groups attached to an aromatic ring is 1. The first kappa shape index (κ1) is 20.3. The van der Waals surface area contributed by atoms with Gasteiger partial charge in [0.1, 0.15) is 23.9 Å². The standard InChI is InChI=1S/C18H20ClN3O5/c1-26-12-8-13(16(14(19)9-12)27-7-6-23)15(18(24)25)22-11-4-2-10(3-5-11)17(20)21/h2-5,8-9,15,22-23H,6-7H2,1H3,(H3,20,21)(H,24,25). The SMILES string of the molecule is COc1cc(Cl)c(OCCO)c(C(Nc2ccc(C(=N)N)cc2)C(=O)O)c1. The predicted molar refractivity (Wildman–Crippen MR) is 102 cm³/mol. The van der Waals surface area contributed by atoms with Gasteiger partial charge in [-0.15, -0.1) is 0 Å². The number of rotatable bonds is 9. The quantitative estimate of drug-likeness (QED) is 0.325. The molecule has 6 N–H and O–H groups in total. The van der Waals surface area contributed by atoms with Crippen LogP contribution in [0.4, 0.5) is 5.69 Å². The number of benzene rings is 2. The zero-order valence-electron chi connectivity index (χ0n) is 14.5. The van der Waals surface area contributed by atoms with Crippen molar-refractivity contribution in [1.82, 2.24) is 0 Å². The van der Waals surface area contributed by atoms with Crippen LogP contribution in [0.1, 0.15) is 17.2 Å². The van der Waals surface area contributed by atoms with Gasteiger partial charge >= 0.3 is 5.97 Å². The molecule has 0 radical (unpaired) electrons. The maximum atomic E-state index is 11.9. The van der Waals surface area contributed by atoms with E-state index in [1.54, 1.807) is 24.3 Å². The van der Waals surface area contributed by atoms with Gasteiger partial charge in [-0.1, -0.05) is 11.6 Å². The van der Waals surface area contributed by atoms with Gasteiger partial charge in [-0.25, -0.2) is 4.79 Å². The number of amidine groups is 1. The Balaban J connectivity index is 2.43. The van der Waals surface area contributed by atoms with Crippen LogP contribution in [0.15, 0.2) is 36.4 Å². The van der Waals surface area contributed by atoms with E-state index in [0.29, 0.717) is 17.0 Å². The molecular weight excluding hydrogens is 374 g/mol. The Hall–Kier alpha value is -2.97. The number of carboxylic acids is 1. The molecule has 2 aromatic carbocycles. The third-order valence-corrected chi connectivity index (χ3v) is 3.96. The molecule has 1 atom stereocenters. The summed E-state index contributed by atoms with van der Waals surface area (Å²) in [6.45, 7) is -0.293. The fourth-order valence-electron chi connectivity index (χ4n) is 2.41. The minimum atomic E-state index is -1.20. The molecule has 0 heterocycles. The number of aliphatic hydroxyl groups is 1. The summed E-state index contributed by atoms with van der Waals surface area (Å²) in [4.78, 5) is 11.9. The van der Waals surface area contributed by atoms with Crippen molar-refractivity contribution in [2.45, 2.75) is 6.04 Å². The number of aliphatic carboxylic acids is 1. The number of halogens is 1. The highest BCUT2D eigenvalue weighted by atomic mass is 35.5. The second kappa shape index (κ2) is 9.11. The summed E-state index contributed by atoms with van der Waals surface area (Å²) in [5.74, 6) is -0.738. The van der Waals surface area contributed by atoms with E-state index in [1.165, 1.54) is 19.2 Å². The summed E-state index contributed by atoms with van der Waals surface area (Å²) in [7, 11) is 1.44. The number of nitrogens with one attached hydrogen (secondary N) is 2.